The number of aromatic nitrogens is 2. The number of carboxylic acid groups (broad SMARTS) is 1. The van der Waals surface area contributed by atoms with Gasteiger partial charge in [-0.25, -0.2) is 9.78 Å². The van der Waals surface area contributed by atoms with E-state index in [1.807, 2.05) is 32.8 Å². The molecule has 0 radical (unpaired) electrons. The number of nitrogens with zero attached hydrogens (tertiary/aromatic N) is 3. The molecule has 1 saturated carbocycles. The fourth-order valence-electron chi connectivity index (χ4n) is 3.78. The summed E-state index contributed by atoms with van der Waals surface area (Å²) in [6.45, 7) is 3.95. The summed E-state index contributed by atoms with van der Waals surface area (Å²) in [5.74, 6) is -1.77. The van der Waals surface area contributed by atoms with Gasteiger partial charge in [0.15, 0.2) is 0 Å². The monoisotopic (exact) mass is 549 g/mol. The molecule has 1 fully saturated rings. The lowest BCUT2D eigenvalue weighted by Crippen LogP contribution is -2.40. The van der Waals surface area contributed by atoms with Crippen molar-refractivity contribution in [1.29, 1.82) is 0 Å². The van der Waals surface area contributed by atoms with Crippen LogP contribution in [-0.2, 0) is 11.0 Å². The van der Waals surface area contributed by atoms with Crippen LogP contribution in [0.2, 0.25) is 0 Å². The lowest BCUT2D eigenvalue weighted by Gasteiger charge is -2.30. The van der Waals surface area contributed by atoms with Crippen molar-refractivity contribution in [3.63, 3.8) is 0 Å². The zero-order chi connectivity index (χ0) is 28.8. The van der Waals surface area contributed by atoms with Crippen molar-refractivity contribution in [3.8, 4) is 0 Å². The third-order valence-corrected chi connectivity index (χ3v) is 5.88. The Morgan fingerprint density at radius 2 is 1.53 bits per heavy atom. The highest BCUT2D eigenvalue weighted by atomic mass is 19.4. The number of nitrogens with one attached hydrogen (secondary N) is 2. The van der Waals surface area contributed by atoms with Crippen molar-refractivity contribution in [3.05, 3.63) is 46.6 Å². The summed E-state index contributed by atoms with van der Waals surface area (Å²) in [5, 5.41) is 13.4. The second kappa shape index (κ2) is 12.3. The van der Waals surface area contributed by atoms with Crippen molar-refractivity contribution < 1.29 is 41.0 Å². The van der Waals surface area contributed by atoms with Crippen LogP contribution >= 0.6 is 0 Å². The average molecular weight is 550 g/mol. The molecule has 0 saturated heterocycles. The molecule has 1 amide bonds. The molecule has 1 aromatic heterocycles. The van der Waals surface area contributed by atoms with Crippen molar-refractivity contribution in [2.45, 2.75) is 64.0 Å². The number of hydrogen-bond acceptors (Lipinski definition) is 6. The van der Waals surface area contributed by atoms with E-state index in [1.54, 1.807) is 0 Å². The molecular weight excluding hydrogens is 520 g/mol. The summed E-state index contributed by atoms with van der Waals surface area (Å²) in [5.41, 5.74) is 1.16. The van der Waals surface area contributed by atoms with E-state index < -0.39 is 29.8 Å². The molecule has 1 aliphatic carbocycles. The van der Waals surface area contributed by atoms with Crippen molar-refractivity contribution >= 4 is 23.6 Å². The van der Waals surface area contributed by atoms with Gasteiger partial charge in [0, 0.05) is 43.0 Å². The van der Waals surface area contributed by atoms with E-state index in [0.29, 0.717) is 5.95 Å². The molecule has 1 heterocycles. The minimum absolute atomic E-state index is 0.0230. The third-order valence-electron chi connectivity index (χ3n) is 5.88. The second-order valence-electron chi connectivity index (χ2n) is 9.02. The molecule has 14 heteroatoms. The summed E-state index contributed by atoms with van der Waals surface area (Å²) in [7, 11) is 3.88. The van der Waals surface area contributed by atoms with Gasteiger partial charge in [-0.3, -0.25) is 4.79 Å². The Balaban J connectivity index is 0.000000638. The first-order valence-electron chi connectivity index (χ1n) is 11.6. The lowest BCUT2D eigenvalue weighted by atomic mass is 9.91. The molecule has 2 aromatic rings. The molecule has 0 unspecified atom stereocenters. The fourth-order valence-corrected chi connectivity index (χ4v) is 3.78. The molecule has 0 atom stereocenters. The predicted octanol–water partition coefficient (Wildman–Crippen LogP) is 4.96. The Bertz CT molecular complexity index is 1130. The average Bonchev–Trinajstić information content (AvgIpc) is 2.81. The standard InChI is InChI=1S/C22H28F3N5O.C2HF3O2/c1-13-14(2)26-21(29-19(13)30(3)4)28-18-10-8-17(9-11-18)27-20(31)15-6-5-7-16(12-15)22(23,24)25;3-2(4,5)1(6)7/h5-7,12,17-18H,8-11H2,1-4H3,(H,27,31)(H,26,28,29);(H,6,7). The van der Waals surface area contributed by atoms with Crippen molar-refractivity contribution in [2.24, 2.45) is 0 Å². The zero-order valence-corrected chi connectivity index (χ0v) is 21.2. The number of aliphatic carboxylic acids is 1. The first-order chi connectivity index (χ1) is 17.5. The summed E-state index contributed by atoms with van der Waals surface area (Å²) >= 11 is 0. The maximum absolute atomic E-state index is 12.9. The van der Waals surface area contributed by atoms with Gasteiger partial charge in [-0.1, -0.05) is 6.07 Å². The molecule has 1 aromatic carbocycles. The van der Waals surface area contributed by atoms with Gasteiger partial charge < -0.3 is 20.6 Å². The zero-order valence-electron chi connectivity index (χ0n) is 21.2. The van der Waals surface area contributed by atoms with Crippen LogP contribution < -0.4 is 15.5 Å². The number of amides is 1. The van der Waals surface area contributed by atoms with Gasteiger partial charge >= 0.3 is 18.3 Å². The van der Waals surface area contributed by atoms with E-state index in [-0.39, 0.29) is 17.6 Å². The Labute approximate surface area is 215 Å². The molecule has 38 heavy (non-hydrogen) atoms. The number of carbonyl (C=O) groups is 2. The van der Waals surface area contributed by atoms with E-state index in [1.165, 1.54) is 12.1 Å². The Morgan fingerprint density at radius 1 is 0.974 bits per heavy atom. The van der Waals surface area contributed by atoms with Gasteiger partial charge in [0.05, 0.1) is 5.56 Å². The second-order valence-corrected chi connectivity index (χ2v) is 9.02. The molecule has 0 bridgehead atoms. The van der Waals surface area contributed by atoms with E-state index in [9.17, 15) is 31.1 Å². The van der Waals surface area contributed by atoms with Crippen molar-refractivity contribution in [2.75, 3.05) is 24.3 Å². The highest BCUT2D eigenvalue weighted by Gasteiger charge is 2.38. The van der Waals surface area contributed by atoms with Crippen molar-refractivity contribution in [1.82, 2.24) is 15.3 Å². The minimum atomic E-state index is -5.08. The highest BCUT2D eigenvalue weighted by molar-refractivity contribution is 5.94. The minimum Gasteiger partial charge on any atom is -0.475 e. The van der Waals surface area contributed by atoms with Gasteiger partial charge in [-0.15, -0.1) is 0 Å². The van der Waals surface area contributed by atoms with Gasteiger partial charge in [-0.2, -0.15) is 31.3 Å². The normalized spacial score (nSPS) is 17.6. The molecule has 210 valence electrons. The van der Waals surface area contributed by atoms with Crippen LogP contribution in [0.1, 0.15) is 52.9 Å². The number of hydrogen-bond donors (Lipinski definition) is 3. The number of carbonyl (C=O) groups excluding carboxylic acids is 1. The van der Waals surface area contributed by atoms with Crippen LogP contribution in [0.4, 0.5) is 38.1 Å². The van der Waals surface area contributed by atoms with E-state index in [2.05, 4.69) is 20.6 Å². The first kappa shape index (κ1) is 30.6. The molecule has 0 aliphatic heterocycles. The van der Waals surface area contributed by atoms with Gasteiger partial charge in [0.1, 0.15) is 5.82 Å². The summed E-state index contributed by atoms with van der Waals surface area (Å²) in [6, 6.07) is 4.62. The maximum Gasteiger partial charge on any atom is 0.490 e. The van der Waals surface area contributed by atoms with E-state index in [4.69, 9.17) is 9.90 Å². The number of alkyl halides is 6. The van der Waals surface area contributed by atoms with Crippen LogP contribution in [0, 0.1) is 13.8 Å². The third kappa shape index (κ3) is 8.77. The maximum atomic E-state index is 12.9. The Kier molecular flexibility index (Phi) is 9.93. The number of aryl methyl sites for hydroxylation is 1. The molecule has 0 spiro atoms. The Morgan fingerprint density at radius 3 is 2.03 bits per heavy atom. The smallest absolute Gasteiger partial charge is 0.475 e. The summed E-state index contributed by atoms with van der Waals surface area (Å²) in [4.78, 5) is 32.4. The van der Waals surface area contributed by atoms with Gasteiger partial charge in [-0.05, 0) is 57.7 Å². The quantitative estimate of drug-likeness (QED) is 0.453. The van der Waals surface area contributed by atoms with Crippen LogP contribution in [0.25, 0.3) is 0 Å². The molecule has 3 N–H and O–H groups in total. The topological polar surface area (TPSA) is 107 Å². The Hall–Kier alpha value is -3.58. The predicted molar refractivity (Wildman–Crippen MR) is 128 cm³/mol. The number of carboxylic acids is 1. The SMILES string of the molecule is Cc1nc(NC2CCC(NC(=O)c3cccc(C(F)(F)F)c3)CC2)nc(N(C)C)c1C.O=C(O)C(F)(F)F. The first-order valence-corrected chi connectivity index (χ1v) is 11.6. The number of halogens is 6. The summed E-state index contributed by atoms with van der Waals surface area (Å²) in [6.07, 6.45) is -6.48. The molecule has 1 aliphatic rings. The number of benzene rings is 1. The van der Waals surface area contributed by atoms with Gasteiger partial charge in [0.25, 0.3) is 5.91 Å². The van der Waals surface area contributed by atoms with Crippen LogP contribution in [0.5, 0.6) is 0 Å². The van der Waals surface area contributed by atoms with Gasteiger partial charge in [0.2, 0.25) is 5.95 Å². The van der Waals surface area contributed by atoms with E-state index >= 15 is 0 Å². The molecular formula is C24H29F6N5O3. The fraction of sp³-hybridized carbons (Fsp3) is 0.500. The van der Waals surface area contributed by atoms with Crippen LogP contribution in [0.15, 0.2) is 24.3 Å². The largest absolute Gasteiger partial charge is 0.490 e. The molecule has 3 rings (SSSR count). The van der Waals surface area contributed by atoms with Crippen LogP contribution in [0.3, 0.4) is 0 Å². The molecule has 8 nitrogen and oxygen atoms in total. The number of rotatable bonds is 5. The summed E-state index contributed by atoms with van der Waals surface area (Å²) < 4.78 is 70.4. The van der Waals surface area contributed by atoms with Crippen LogP contribution in [-0.4, -0.2) is 59.3 Å². The number of anilines is 2. The van der Waals surface area contributed by atoms with E-state index in [0.717, 1.165) is 54.9 Å². The highest BCUT2D eigenvalue weighted by Crippen LogP contribution is 2.30. The lowest BCUT2D eigenvalue weighted by molar-refractivity contribution is -0.192.